The third kappa shape index (κ3) is 8.51. The average Bonchev–Trinajstić information content (AvgIpc) is 3.42. The molecule has 8 nitrogen and oxygen atoms in total. The molecular formula is C32H28Br2N2Na2O6S2. The minimum Gasteiger partial charge on any atom is -0.748 e. The molecule has 0 amide bonds. The van der Waals surface area contributed by atoms with Crippen molar-refractivity contribution >= 4 is 95.7 Å². The Kier molecular flexibility index (Phi) is 12.8. The summed E-state index contributed by atoms with van der Waals surface area (Å²) in [6, 6.07) is 25.0. The normalized spacial score (nSPS) is 12.2. The van der Waals surface area contributed by atoms with Crippen LogP contribution in [-0.4, -0.2) is 46.6 Å². The van der Waals surface area contributed by atoms with Crippen molar-refractivity contribution in [2.75, 3.05) is 11.5 Å². The summed E-state index contributed by atoms with van der Waals surface area (Å²) in [6.07, 6.45) is 1.68. The second kappa shape index (κ2) is 15.4. The van der Waals surface area contributed by atoms with Gasteiger partial charge in [0.05, 0.1) is 31.3 Å². The van der Waals surface area contributed by atoms with E-state index in [9.17, 15) is 25.9 Å². The third-order valence-electron chi connectivity index (χ3n) is 8.04. The molecule has 46 heavy (non-hydrogen) atoms. The van der Waals surface area contributed by atoms with Gasteiger partial charge in [0.1, 0.15) is 0 Å². The molecule has 0 bridgehead atoms. The largest absolute Gasteiger partial charge is 1.00 e. The Morgan fingerprint density at radius 1 is 0.500 bits per heavy atom. The smallest absolute Gasteiger partial charge is 0.748 e. The van der Waals surface area contributed by atoms with Gasteiger partial charge in [0.25, 0.3) is 0 Å². The number of nitrogens with zero attached hydrogens (tertiary/aromatic N) is 2. The van der Waals surface area contributed by atoms with Gasteiger partial charge >= 0.3 is 59.1 Å². The van der Waals surface area contributed by atoms with Crippen molar-refractivity contribution in [1.29, 1.82) is 0 Å². The zero-order valence-electron chi connectivity index (χ0n) is 25.5. The summed E-state index contributed by atoms with van der Waals surface area (Å²) in [5, 5.41) is 4.35. The number of benzene rings is 4. The molecule has 2 heterocycles. The van der Waals surface area contributed by atoms with Gasteiger partial charge in [0, 0.05) is 66.1 Å². The first kappa shape index (κ1) is 38.1. The fraction of sp³-hybridized carbons (Fsp3) is 0.250. The van der Waals surface area contributed by atoms with Gasteiger partial charge in [-0.25, -0.2) is 16.8 Å². The Labute approximate surface area is 329 Å². The van der Waals surface area contributed by atoms with Crippen molar-refractivity contribution in [3.05, 3.63) is 81.7 Å². The predicted octanol–water partition coefficient (Wildman–Crippen LogP) is 1.75. The summed E-state index contributed by atoms with van der Waals surface area (Å²) in [7, 11) is -8.52. The first-order chi connectivity index (χ1) is 20.9. The van der Waals surface area contributed by atoms with Gasteiger partial charge < -0.3 is 18.2 Å². The van der Waals surface area contributed by atoms with Gasteiger partial charge in [0.2, 0.25) is 0 Å². The number of halogens is 2. The molecule has 0 unspecified atom stereocenters. The van der Waals surface area contributed by atoms with E-state index in [2.05, 4.69) is 102 Å². The average molecular weight is 807 g/mol. The van der Waals surface area contributed by atoms with Crippen LogP contribution in [0.3, 0.4) is 0 Å². The minimum absolute atomic E-state index is 0. The number of hydrogen-bond donors (Lipinski definition) is 0. The summed E-state index contributed by atoms with van der Waals surface area (Å²) in [5.74, 6) is -0.757. The van der Waals surface area contributed by atoms with Crippen molar-refractivity contribution < 1.29 is 85.1 Å². The molecule has 6 aromatic rings. The molecule has 0 saturated carbocycles. The van der Waals surface area contributed by atoms with E-state index in [1.165, 1.54) is 0 Å². The Bertz CT molecular complexity index is 2130. The summed E-state index contributed by atoms with van der Waals surface area (Å²) in [5.41, 5.74) is 6.11. The van der Waals surface area contributed by atoms with Crippen LogP contribution in [0.15, 0.2) is 81.7 Å². The summed E-state index contributed by atoms with van der Waals surface area (Å²) in [4.78, 5) is 0. The van der Waals surface area contributed by atoms with E-state index in [-0.39, 0.29) is 70.6 Å². The zero-order chi connectivity index (χ0) is 31.2. The molecule has 0 aliphatic carbocycles. The van der Waals surface area contributed by atoms with E-state index in [1.807, 2.05) is 12.1 Å². The maximum absolute atomic E-state index is 11.2. The molecule has 0 atom stereocenters. The van der Waals surface area contributed by atoms with Crippen LogP contribution in [0.4, 0.5) is 0 Å². The third-order valence-corrected chi connectivity index (χ3v) is 10.6. The molecule has 4 aromatic carbocycles. The van der Waals surface area contributed by atoms with Crippen LogP contribution in [0.2, 0.25) is 0 Å². The summed E-state index contributed by atoms with van der Waals surface area (Å²) < 4.78 is 73.2. The Morgan fingerprint density at radius 3 is 1.17 bits per heavy atom. The van der Waals surface area contributed by atoms with E-state index in [4.69, 9.17) is 0 Å². The molecular weight excluding hydrogens is 778 g/mol. The van der Waals surface area contributed by atoms with E-state index in [1.54, 1.807) is 0 Å². The van der Waals surface area contributed by atoms with Gasteiger partial charge in [-0.15, -0.1) is 0 Å². The van der Waals surface area contributed by atoms with E-state index in [0.29, 0.717) is 38.8 Å². The molecule has 0 radical (unpaired) electrons. The number of aryl methyl sites for hydroxylation is 2. The van der Waals surface area contributed by atoms with Crippen LogP contribution in [-0.2, 0) is 33.3 Å². The number of aromatic nitrogens is 2. The predicted molar refractivity (Wildman–Crippen MR) is 181 cm³/mol. The van der Waals surface area contributed by atoms with Crippen LogP contribution in [0, 0.1) is 0 Å². The molecule has 0 N–H and O–H groups in total. The second-order valence-corrected chi connectivity index (χ2v) is 15.9. The fourth-order valence-corrected chi connectivity index (χ4v) is 7.89. The first-order valence-corrected chi connectivity index (χ1v) is 18.9. The molecule has 0 aliphatic rings. The molecule has 14 heteroatoms. The van der Waals surface area contributed by atoms with Crippen LogP contribution in [0.5, 0.6) is 0 Å². The maximum Gasteiger partial charge on any atom is 1.00 e. The summed E-state index contributed by atoms with van der Waals surface area (Å²) in [6.45, 7) is 1.13. The molecule has 230 valence electrons. The summed E-state index contributed by atoms with van der Waals surface area (Å²) >= 11 is 7.16. The van der Waals surface area contributed by atoms with E-state index in [0.717, 1.165) is 63.7 Å². The van der Waals surface area contributed by atoms with Crippen molar-refractivity contribution in [1.82, 2.24) is 9.13 Å². The van der Waals surface area contributed by atoms with Crippen LogP contribution in [0.1, 0.15) is 25.7 Å². The Balaban J connectivity index is 0.00000240. The SMILES string of the molecule is O=S(=O)([O-])CCCCn1c2cc(Br)ccc2c2ccc(-c3ccc4c5ccc(Br)cc5n(CCCCS(=O)(=O)[O-])c4c3)cc21.[Na+].[Na+]. The van der Waals surface area contributed by atoms with Crippen molar-refractivity contribution in [3.63, 3.8) is 0 Å². The van der Waals surface area contributed by atoms with Crippen molar-refractivity contribution in [2.45, 2.75) is 38.8 Å². The second-order valence-electron chi connectivity index (χ2n) is 11.0. The molecule has 6 rings (SSSR count). The van der Waals surface area contributed by atoms with Crippen LogP contribution in [0.25, 0.3) is 54.7 Å². The Morgan fingerprint density at radius 2 is 0.826 bits per heavy atom. The van der Waals surface area contributed by atoms with Gasteiger partial charge in [-0.1, -0.05) is 68.3 Å². The number of unbranched alkanes of at least 4 members (excludes halogenated alkanes) is 2. The van der Waals surface area contributed by atoms with Crippen molar-refractivity contribution in [3.8, 4) is 11.1 Å². The first-order valence-electron chi connectivity index (χ1n) is 14.2. The quantitative estimate of drug-likeness (QED) is 0.112. The zero-order valence-corrected chi connectivity index (χ0v) is 34.3. The molecule has 2 aromatic heterocycles. The van der Waals surface area contributed by atoms with Gasteiger partial charge in [-0.2, -0.15) is 0 Å². The monoisotopic (exact) mass is 804 g/mol. The Hall–Kier alpha value is -0.740. The molecule has 0 spiro atoms. The van der Waals surface area contributed by atoms with E-state index < -0.39 is 20.2 Å². The van der Waals surface area contributed by atoms with Gasteiger partial charge in [-0.3, -0.25) is 0 Å². The standard InChI is InChI=1S/C32H30Br2N2O6S2.2Na/c33-23-7-11-27-25-9-5-21(17-29(25)35(31(27)19-23)13-1-3-15-43(37,38)39)22-6-10-26-28-12-8-24(34)20-32(28)36(30(26)18-22)14-2-4-16-44(40,41)42;;/h5-12,17-20H,1-4,13-16H2,(H,37,38,39)(H,40,41,42);;/q;2*+1/p-2. The molecule has 0 fully saturated rings. The fourth-order valence-electron chi connectivity index (χ4n) is 6.08. The number of hydrogen-bond acceptors (Lipinski definition) is 6. The van der Waals surface area contributed by atoms with E-state index >= 15 is 0 Å². The molecule has 0 aliphatic heterocycles. The van der Waals surface area contributed by atoms with Crippen molar-refractivity contribution in [2.24, 2.45) is 0 Å². The number of rotatable bonds is 11. The molecule has 0 saturated heterocycles. The maximum atomic E-state index is 11.2. The minimum atomic E-state index is -4.26. The van der Waals surface area contributed by atoms with Crippen LogP contribution < -0.4 is 59.1 Å². The van der Waals surface area contributed by atoms with Gasteiger partial charge in [0.15, 0.2) is 0 Å². The topological polar surface area (TPSA) is 124 Å². The number of fused-ring (bicyclic) bond motifs is 6. The van der Waals surface area contributed by atoms with Crippen LogP contribution >= 0.6 is 31.9 Å². The van der Waals surface area contributed by atoms with Gasteiger partial charge in [-0.05, 0) is 73.2 Å².